The Morgan fingerprint density at radius 1 is 1.12 bits per heavy atom. The van der Waals surface area contributed by atoms with Crippen molar-refractivity contribution in [2.75, 3.05) is 6.54 Å². The van der Waals surface area contributed by atoms with E-state index < -0.39 is 11.9 Å². The van der Waals surface area contributed by atoms with E-state index in [1.807, 2.05) is 6.92 Å². The fourth-order valence-corrected chi connectivity index (χ4v) is 3.32. The standard InChI is InChI=1S/C19H14FNO3/c1-2-21-16(11-6-5-7-12(20)10-11)15-17(22)13-8-3-4-9-14(13)24-18(15)19(21)23/h3-10,16H,2H2,1H3. The topological polar surface area (TPSA) is 50.5 Å². The molecule has 1 atom stereocenters. The summed E-state index contributed by atoms with van der Waals surface area (Å²) in [6, 6.07) is 12.2. The molecule has 0 radical (unpaired) electrons. The second-order valence-electron chi connectivity index (χ2n) is 5.72. The molecule has 5 heteroatoms. The maximum absolute atomic E-state index is 13.7. The van der Waals surface area contributed by atoms with E-state index in [9.17, 15) is 14.0 Å². The number of hydrogen-bond donors (Lipinski definition) is 0. The Bertz CT molecular complexity index is 1020. The lowest BCUT2D eigenvalue weighted by Gasteiger charge is -2.23. The highest BCUT2D eigenvalue weighted by Crippen LogP contribution is 2.37. The predicted molar refractivity (Wildman–Crippen MR) is 87.4 cm³/mol. The molecule has 3 aromatic rings. The maximum atomic E-state index is 13.7. The minimum Gasteiger partial charge on any atom is -0.450 e. The molecule has 24 heavy (non-hydrogen) atoms. The zero-order chi connectivity index (χ0) is 16.8. The SMILES string of the molecule is CCN1C(=O)c2oc3ccccc3c(=O)c2C1c1cccc(F)c1. The van der Waals surface area contributed by atoms with E-state index in [2.05, 4.69) is 0 Å². The highest BCUT2D eigenvalue weighted by Gasteiger charge is 2.41. The normalized spacial score (nSPS) is 16.7. The number of nitrogens with zero attached hydrogens (tertiary/aromatic N) is 1. The second-order valence-corrected chi connectivity index (χ2v) is 5.72. The molecule has 4 nitrogen and oxygen atoms in total. The van der Waals surface area contributed by atoms with Crippen LogP contribution in [0.4, 0.5) is 4.39 Å². The van der Waals surface area contributed by atoms with Crippen molar-refractivity contribution in [1.82, 2.24) is 4.90 Å². The van der Waals surface area contributed by atoms with Crippen LogP contribution in [0.2, 0.25) is 0 Å². The smallest absolute Gasteiger partial charge is 0.290 e. The van der Waals surface area contributed by atoms with Crippen molar-refractivity contribution >= 4 is 16.9 Å². The van der Waals surface area contributed by atoms with E-state index in [0.717, 1.165) is 0 Å². The number of carbonyl (C=O) groups is 1. The molecule has 0 N–H and O–H groups in total. The molecule has 1 unspecified atom stereocenters. The number of fused-ring (bicyclic) bond motifs is 2. The Morgan fingerprint density at radius 3 is 2.67 bits per heavy atom. The van der Waals surface area contributed by atoms with Crippen LogP contribution in [0.25, 0.3) is 11.0 Å². The van der Waals surface area contributed by atoms with Gasteiger partial charge in [-0.25, -0.2) is 4.39 Å². The van der Waals surface area contributed by atoms with E-state index >= 15 is 0 Å². The zero-order valence-electron chi connectivity index (χ0n) is 13.0. The van der Waals surface area contributed by atoms with Gasteiger partial charge in [0.15, 0.2) is 5.43 Å². The van der Waals surface area contributed by atoms with Crippen LogP contribution < -0.4 is 5.43 Å². The molecule has 0 fully saturated rings. The third-order valence-electron chi connectivity index (χ3n) is 4.38. The molecule has 1 aromatic heterocycles. The summed E-state index contributed by atoms with van der Waals surface area (Å²) in [6.45, 7) is 2.21. The van der Waals surface area contributed by atoms with Gasteiger partial charge in [0.05, 0.1) is 17.0 Å². The Kier molecular flexibility index (Phi) is 3.23. The Labute approximate surface area is 137 Å². The molecule has 0 saturated heterocycles. The van der Waals surface area contributed by atoms with Gasteiger partial charge in [0.2, 0.25) is 5.76 Å². The van der Waals surface area contributed by atoms with Gasteiger partial charge in [0, 0.05) is 6.54 Å². The Balaban J connectivity index is 2.05. The van der Waals surface area contributed by atoms with Gasteiger partial charge in [-0.1, -0.05) is 24.3 Å². The van der Waals surface area contributed by atoms with Crippen LogP contribution in [0.3, 0.4) is 0 Å². The van der Waals surface area contributed by atoms with Gasteiger partial charge in [-0.3, -0.25) is 9.59 Å². The molecule has 0 aliphatic carbocycles. The van der Waals surface area contributed by atoms with Gasteiger partial charge in [0.1, 0.15) is 11.4 Å². The molecule has 1 aliphatic rings. The zero-order valence-corrected chi connectivity index (χ0v) is 13.0. The largest absolute Gasteiger partial charge is 0.450 e. The van der Waals surface area contributed by atoms with Gasteiger partial charge in [0.25, 0.3) is 5.91 Å². The Hall–Kier alpha value is -2.95. The lowest BCUT2D eigenvalue weighted by molar-refractivity contribution is 0.0737. The summed E-state index contributed by atoms with van der Waals surface area (Å²) in [5, 5.41) is 0.420. The van der Waals surface area contributed by atoms with Crippen molar-refractivity contribution in [2.24, 2.45) is 0 Å². The van der Waals surface area contributed by atoms with Crippen LogP contribution in [-0.4, -0.2) is 17.4 Å². The minimum atomic E-state index is -0.631. The van der Waals surface area contributed by atoms with Gasteiger partial charge < -0.3 is 9.32 Å². The highest BCUT2D eigenvalue weighted by atomic mass is 19.1. The van der Waals surface area contributed by atoms with Crippen LogP contribution >= 0.6 is 0 Å². The number of carbonyl (C=O) groups excluding carboxylic acids is 1. The fourth-order valence-electron chi connectivity index (χ4n) is 3.32. The lowest BCUT2D eigenvalue weighted by Crippen LogP contribution is -2.29. The molecule has 1 aliphatic heterocycles. The third kappa shape index (κ3) is 1.98. The molecule has 2 heterocycles. The van der Waals surface area contributed by atoms with Crippen molar-refractivity contribution in [1.29, 1.82) is 0 Å². The van der Waals surface area contributed by atoms with Crippen LogP contribution in [0.5, 0.6) is 0 Å². The molecule has 4 rings (SSSR count). The summed E-state index contributed by atoms with van der Waals surface area (Å²) >= 11 is 0. The third-order valence-corrected chi connectivity index (χ3v) is 4.38. The van der Waals surface area contributed by atoms with Crippen molar-refractivity contribution in [3.05, 3.63) is 81.5 Å². The monoisotopic (exact) mass is 323 g/mol. The maximum Gasteiger partial charge on any atom is 0.290 e. The van der Waals surface area contributed by atoms with Gasteiger partial charge in [-0.15, -0.1) is 0 Å². The van der Waals surface area contributed by atoms with Crippen LogP contribution in [0, 0.1) is 5.82 Å². The molecule has 0 saturated carbocycles. The first kappa shape index (κ1) is 14.6. The molecule has 0 bridgehead atoms. The Morgan fingerprint density at radius 2 is 1.92 bits per heavy atom. The summed E-state index contributed by atoms with van der Waals surface area (Å²) < 4.78 is 19.4. The summed E-state index contributed by atoms with van der Waals surface area (Å²) in [7, 11) is 0. The first-order chi connectivity index (χ1) is 11.6. The fraction of sp³-hybridized carbons (Fsp3) is 0.158. The highest BCUT2D eigenvalue weighted by molar-refractivity contribution is 5.99. The van der Waals surface area contributed by atoms with Gasteiger partial charge in [-0.05, 0) is 36.8 Å². The molecular formula is C19H14FNO3. The number of halogens is 1. The summed E-state index contributed by atoms with van der Waals surface area (Å²) in [4.78, 5) is 27.2. The van der Waals surface area contributed by atoms with Gasteiger partial charge >= 0.3 is 0 Å². The number of benzene rings is 2. The molecule has 0 spiro atoms. The summed E-state index contributed by atoms with van der Waals surface area (Å²) in [6.07, 6.45) is 0. The van der Waals surface area contributed by atoms with Crippen LogP contribution in [0.15, 0.2) is 57.7 Å². The van der Waals surface area contributed by atoms with E-state index in [4.69, 9.17) is 4.42 Å². The molecule has 120 valence electrons. The van der Waals surface area contributed by atoms with Crippen molar-refractivity contribution in [3.8, 4) is 0 Å². The molecule has 1 amide bonds. The van der Waals surface area contributed by atoms with Crippen LogP contribution in [0.1, 0.15) is 34.6 Å². The van der Waals surface area contributed by atoms with Crippen LogP contribution in [-0.2, 0) is 0 Å². The first-order valence-electron chi connectivity index (χ1n) is 7.74. The quantitative estimate of drug-likeness (QED) is 0.725. The summed E-state index contributed by atoms with van der Waals surface area (Å²) in [5.74, 6) is -0.700. The molecule has 2 aromatic carbocycles. The number of rotatable bonds is 2. The second kappa shape index (κ2) is 5.30. The average Bonchev–Trinajstić information content (AvgIpc) is 2.88. The predicted octanol–water partition coefficient (Wildman–Crippen LogP) is 3.50. The van der Waals surface area contributed by atoms with E-state index in [1.165, 1.54) is 17.0 Å². The number of amides is 1. The number of para-hydroxylation sites is 1. The summed E-state index contributed by atoms with van der Waals surface area (Å²) in [5.41, 5.74) is 0.980. The molecular weight excluding hydrogens is 309 g/mol. The first-order valence-corrected chi connectivity index (χ1v) is 7.74. The van der Waals surface area contributed by atoms with Crippen molar-refractivity contribution in [3.63, 3.8) is 0 Å². The van der Waals surface area contributed by atoms with E-state index in [0.29, 0.717) is 23.1 Å². The average molecular weight is 323 g/mol. The van der Waals surface area contributed by atoms with Crippen molar-refractivity contribution in [2.45, 2.75) is 13.0 Å². The minimum absolute atomic E-state index is 0.0508. The number of hydrogen-bond acceptors (Lipinski definition) is 3. The van der Waals surface area contributed by atoms with Gasteiger partial charge in [-0.2, -0.15) is 0 Å². The lowest BCUT2D eigenvalue weighted by atomic mass is 9.98. The van der Waals surface area contributed by atoms with E-state index in [-0.39, 0.29) is 22.7 Å². The van der Waals surface area contributed by atoms with Crippen molar-refractivity contribution < 1.29 is 13.6 Å². The van der Waals surface area contributed by atoms with E-state index in [1.54, 1.807) is 36.4 Å².